The molecule has 1 aliphatic carbocycles. The number of carbonyl (C=O) groups excluding carboxylic acids is 1. The Hall–Kier alpha value is -1.26. The summed E-state index contributed by atoms with van der Waals surface area (Å²) < 4.78 is 5.08. The molecule has 1 aliphatic rings. The van der Waals surface area contributed by atoms with Crippen molar-refractivity contribution in [1.29, 1.82) is 0 Å². The second-order valence-corrected chi connectivity index (χ2v) is 5.19. The van der Waals surface area contributed by atoms with Crippen LogP contribution in [0.4, 0.5) is 4.79 Å². The Bertz CT molecular complexity index is 278. The van der Waals surface area contributed by atoms with E-state index < -0.39 is 17.7 Å². The molecule has 0 radical (unpaired) electrons. The van der Waals surface area contributed by atoms with E-state index in [9.17, 15) is 9.59 Å². The van der Waals surface area contributed by atoms with E-state index in [1.807, 2.05) is 0 Å². The Morgan fingerprint density at radius 1 is 1.44 bits per heavy atom. The minimum Gasteiger partial charge on any atom is -0.481 e. The molecule has 1 amide bonds. The highest BCUT2D eigenvalue weighted by Crippen LogP contribution is 2.34. The number of carboxylic acids is 1. The smallest absolute Gasteiger partial charge is 0.407 e. The van der Waals surface area contributed by atoms with Crippen molar-refractivity contribution in [2.24, 2.45) is 5.92 Å². The molecule has 0 aliphatic heterocycles. The summed E-state index contributed by atoms with van der Waals surface area (Å²) in [4.78, 5) is 22.1. The van der Waals surface area contributed by atoms with Gasteiger partial charge in [-0.25, -0.2) is 4.79 Å². The van der Waals surface area contributed by atoms with Crippen molar-refractivity contribution in [3.05, 3.63) is 0 Å². The average Bonchev–Trinajstić information content (AvgIpc) is 2.78. The van der Waals surface area contributed by atoms with Gasteiger partial charge in [0.2, 0.25) is 0 Å². The van der Waals surface area contributed by atoms with Gasteiger partial charge in [-0.2, -0.15) is 0 Å². The molecule has 0 bridgehead atoms. The van der Waals surface area contributed by atoms with Crippen LogP contribution in [0.5, 0.6) is 0 Å². The van der Waals surface area contributed by atoms with Crippen LogP contribution in [0.2, 0.25) is 0 Å². The van der Waals surface area contributed by atoms with Crippen LogP contribution in [0.3, 0.4) is 0 Å². The van der Waals surface area contributed by atoms with Crippen LogP contribution in [0, 0.1) is 5.92 Å². The van der Waals surface area contributed by atoms with Crippen molar-refractivity contribution >= 4 is 12.1 Å². The molecule has 92 valence electrons. The molecule has 5 nitrogen and oxygen atoms in total. The predicted octanol–water partition coefficient (Wildman–Crippen LogP) is 1.76. The minimum absolute atomic E-state index is 0.0378. The Labute approximate surface area is 95.2 Å². The number of carbonyl (C=O) groups is 2. The van der Waals surface area contributed by atoms with Crippen LogP contribution in [0.1, 0.15) is 40.0 Å². The Kier molecular flexibility index (Phi) is 3.78. The number of ether oxygens (including phenoxy) is 1. The Morgan fingerprint density at radius 3 is 2.38 bits per heavy atom. The fourth-order valence-corrected chi connectivity index (χ4v) is 1.48. The van der Waals surface area contributed by atoms with Crippen LogP contribution in [0.15, 0.2) is 0 Å². The first kappa shape index (κ1) is 12.8. The number of amides is 1. The van der Waals surface area contributed by atoms with Crippen LogP contribution in [-0.4, -0.2) is 28.8 Å². The molecule has 1 fully saturated rings. The Morgan fingerprint density at radius 2 is 2.00 bits per heavy atom. The van der Waals surface area contributed by atoms with E-state index in [4.69, 9.17) is 9.84 Å². The molecule has 1 saturated carbocycles. The summed E-state index contributed by atoms with van der Waals surface area (Å²) in [7, 11) is 0. The van der Waals surface area contributed by atoms with E-state index in [-0.39, 0.29) is 12.5 Å². The zero-order chi connectivity index (χ0) is 12.3. The van der Waals surface area contributed by atoms with Crippen LogP contribution >= 0.6 is 0 Å². The summed E-state index contributed by atoms with van der Waals surface area (Å²) in [6, 6.07) is -0.299. The molecule has 2 N–H and O–H groups in total. The van der Waals surface area contributed by atoms with Gasteiger partial charge in [-0.1, -0.05) is 0 Å². The van der Waals surface area contributed by atoms with Crippen molar-refractivity contribution < 1.29 is 19.4 Å². The number of hydrogen-bond donors (Lipinski definition) is 2. The van der Waals surface area contributed by atoms with Gasteiger partial charge in [0.05, 0.1) is 6.42 Å². The van der Waals surface area contributed by atoms with Gasteiger partial charge < -0.3 is 15.2 Å². The number of hydrogen-bond acceptors (Lipinski definition) is 3. The fourth-order valence-electron chi connectivity index (χ4n) is 1.48. The van der Waals surface area contributed by atoms with E-state index in [0.29, 0.717) is 5.92 Å². The highest BCUT2D eigenvalue weighted by Gasteiger charge is 2.34. The first-order chi connectivity index (χ1) is 7.28. The molecule has 0 aromatic rings. The fraction of sp³-hybridized carbons (Fsp3) is 0.818. The third kappa shape index (κ3) is 5.00. The first-order valence-corrected chi connectivity index (χ1v) is 5.49. The molecule has 16 heavy (non-hydrogen) atoms. The lowest BCUT2D eigenvalue weighted by Gasteiger charge is -2.22. The average molecular weight is 229 g/mol. The number of aliphatic carboxylic acids is 1. The molecule has 0 heterocycles. The molecule has 0 aromatic heterocycles. The van der Waals surface area contributed by atoms with Crippen molar-refractivity contribution in [3.63, 3.8) is 0 Å². The van der Waals surface area contributed by atoms with Gasteiger partial charge in [0.15, 0.2) is 0 Å². The molecule has 0 spiro atoms. The minimum atomic E-state index is -0.895. The van der Waals surface area contributed by atoms with Crippen LogP contribution in [0.25, 0.3) is 0 Å². The molecule has 1 rings (SSSR count). The number of carboxylic acid groups (broad SMARTS) is 1. The molecule has 1 atom stereocenters. The lowest BCUT2D eigenvalue weighted by molar-refractivity contribution is -0.137. The second kappa shape index (κ2) is 4.72. The molecule has 0 aromatic carbocycles. The highest BCUT2D eigenvalue weighted by atomic mass is 16.6. The van der Waals surface area contributed by atoms with E-state index in [0.717, 1.165) is 12.8 Å². The van der Waals surface area contributed by atoms with E-state index in [1.165, 1.54) is 0 Å². The summed E-state index contributed by atoms with van der Waals surface area (Å²) in [6.07, 6.45) is 1.39. The second-order valence-electron chi connectivity index (χ2n) is 5.19. The third-order valence-corrected chi connectivity index (χ3v) is 2.29. The molecular formula is C11H19NO4. The van der Waals surface area contributed by atoms with Crippen molar-refractivity contribution in [3.8, 4) is 0 Å². The van der Waals surface area contributed by atoms with Gasteiger partial charge in [0, 0.05) is 6.04 Å². The zero-order valence-electron chi connectivity index (χ0n) is 9.95. The van der Waals surface area contributed by atoms with E-state index in [2.05, 4.69) is 5.32 Å². The lowest BCUT2D eigenvalue weighted by atomic mass is 10.1. The summed E-state index contributed by atoms with van der Waals surface area (Å²) in [5, 5.41) is 11.3. The summed E-state index contributed by atoms with van der Waals surface area (Å²) >= 11 is 0. The van der Waals surface area contributed by atoms with Gasteiger partial charge in [0.25, 0.3) is 0 Å². The normalized spacial score (nSPS) is 17.7. The maximum Gasteiger partial charge on any atom is 0.407 e. The van der Waals surface area contributed by atoms with Crippen molar-refractivity contribution in [2.45, 2.75) is 51.7 Å². The predicted molar refractivity (Wildman–Crippen MR) is 58.1 cm³/mol. The quantitative estimate of drug-likeness (QED) is 0.770. The number of alkyl carbamates (subject to hydrolysis) is 1. The van der Waals surface area contributed by atoms with Crippen molar-refractivity contribution in [2.75, 3.05) is 0 Å². The van der Waals surface area contributed by atoms with Crippen LogP contribution in [-0.2, 0) is 9.53 Å². The van der Waals surface area contributed by atoms with Crippen LogP contribution < -0.4 is 5.32 Å². The maximum absolute atomic E-state index is 11.5. The standard InChI is InChI=1S/C11H19NO4/c1-11(2,3)16-10(15)12-8(6-9(13)14)7-4-5-7/h7-8H,4-6H2,1-3H3,(H,12,15)(H,13,14). The molecule has 0 saturated heterocycles. The summed E-state index contributed by atoms with van der Waals surface area (Å²) in [6.45, 7) is 5.32. The molecule has 1 unspecified atom stereocenters. The van der Waals surface area contributed by atoms with Gasteiger partial charge >= 0.3 is 12.1 Å². The van der Waals surface area contributed by atoms with E-state index in [1.54, 1.807) is 20.8 Å². The number of rotatable bonds is 4. The highest BCUT2D eigenvalue weighted by molar-refractivity contribution is 5.71. The molecule has 5 heteroatoms. The topological polar surface area (TPSA) is 75.6 Å². The largest absolute Gasteiger partial charge is 0.481 e. The lowest BCUT2D eigenvalue weighted by Crippen LogP contribution is -2.41. The van der Waals surface area contributed by atoms with Crippen molar-refractivity contribution in [1.82, 2.24) is 5.32 Å². The first-order valence-electron chi connectivity index (χ1n) is 5.49. The van der Waals surface area contributed by atoms with E-state index >= 15 is 0 Å². The number of nitrogens with one attached hydrogen (secondary N) is 1. The van der Waals surface area contributed by atoms with Gasteiger partial charge in [-0.15, -0.1) is 0 Å². The van der Waals surface area contributed by atoms with Gasteiger partial charge in [-0.05, 0) is 39.5 Å². The summed E-state index contributed by atoms with van der Waals surface area (Å²) in [5.41, 5.74) is -0.554. The monoisotopic (exact) mass is 229 g/mol. The third-order valence-electron chi connectivity index (χ3n) is 2.29. The van der Waals surface area contributed by atoms with Gasteiger partial charge in [-0.3, -0.25) is 4.79 Å². The zero-order valence-corrected chi connectivity index (χ0v) is 9.95. The van der Waals surface area contributed by atoms with Gasteiger partial charge in [0.1, 0.15) is 5.60 Å². The summed E-state index contributed by atoms with van der Waals surface area (Å²) in [5.74, 6) is -0.600. The molecular weight excluding hydrogens is 210 g/mol. The maximum atomic E-state index is 11.5. The SMILES string of the molecule is CC(C)(C)OC(=O)NC(CC(=O)O)C1CC1. The Balaban J connectivity index is 2.42.